The van der Waals surface area contributed by atoms with E-state index in [2.05, 4.69) is 12.0 Å². The molecule has 0 N–H and O–H groups in total. The maximum absolute atomic E-state index is 13.1. The molecule has 0 radical (unpaired) electrons. The zero-order valence-corrected chi connectivity index (χ0v) is 17.3. The van der Waals surface area contributed by atoms with Crippen LogP contribution in [0.1, 0.15) is 52.6 Å². The van der Waals surface area contributed by atoms with Crippen LogP contribution in [0.5, 0.6) is 0 Å². The lowest BCUT2D eigenvalue weighted by Gasteiger charge is -2.30. The average Bonchev–Trinajstić information content (AvgIpc) is 3.10. The minimum absolute atomic E-state index is 0.0401. The molecule has 1 saturated heterocycles. The van der Waals surface area contributed by atoms with Crippen LogP contribution in [0, 0.1) is 19.8 Å². The molecule has 1 atom stereocenters. The van der Waals surface area contributed by atoms with Crippen LogP contribution in [-0.4, -0.2) is 38.5 Å². The second-order valence-electron chi connectivity index (χ2n) is 7.86. The Hall–Kier alpha value is -2.40. The molecule has 3 heterocycles. The summed E-state index contributed by atoms with van der Waals surface area (Å²) in [7, 11) is 0. The van der Waals surface area contributed by atoms with Gasteiger partial charge >= 0.3 is 0 Å². The minimum atomic E-state index is 0.0401. The van der Waals surface area contributed by atoms with E-state index < -0.39 is 0 Å². The third-order valence-electron chi connectivity index (χ3n) is 5.68. The zero-order valence-electron chi connectivity index (χ0n) is 16.6. The van der Waals surface area contributed by atoms with Crippen LogP contribution in [0.25, 0.3) is 5.65 Å². The summed E-state index contributed by atoms with van der Waals surface area (Å²) in [5.41, 5.74) is 5.49. The fourth-order valence-electron chi connectivity index (χ4n) is 4.07. The molecule has 0 bridgehead atoms. The summed E-state index contributed by atoms with van der Waals surface area (Å²) >= 11 is 6.00. The lowest BCUT2D eigenvalue weighted by molar-refractivity contribution is 0.0685. The number of amides is 1. The SMILES string of the molecule is Cc1nc2c(C(=O)N3CCC[C@H](C)C3)cnn2c(C)c1Cc1ccc(Cl)cc1. The molecule has 0 saturated carbocycles. The number of carbonyl (C=O) groups is 1. The van der Waals surface area contributed by atoms with Crippen molar-refractivity contribution in [2.75, 3.05) is 13.1 Å². The summed E-state index contributed by atoms with van der Waals surface area (Å²) in [6.07, 6.45) is 4.67. The topological polar surface area (TPSA) is 50.5 Å². The smallest absolute Gasteiger partial charge is 0.259 e. The van der Waals surface area contributed by atoms with Gasteiger partial charge in [0.15, 0.2) is 5.65 Å². The first-order valence-electron chi connectivity index (χ1n) is 9.81. The third-order valence-corrected chi connectivity index (χ3v) is 5.93. The van der Waals surface area contributed by atoms with Crippen molar-refractivity contribution in [1.29, 1.82) is 0 Å². The Labute approximate surface area is 170 Å². The molecule has 4 rings (SSSR count). The van der Waals surface area contributed by atoms with Crippen molar-refractivity contribution in [2.24, 2.45) is 5.92 Å². The Kier molecular flexibility index (Phi) is 5.11. The van der Waals surface area contributed by atoms with Crippen molar-refractivity contribution >= 4 is 23.2 Å². The van der Waals surface area contributed by atoms with Gasteiger partial charge in [0.05, 0.1) is 6.20 Å². The lowest BCUT2D eigenvalue weighted by Crippen LogP contribution is -2.39. The number of hydrogen-bond acceptors (Lipinski definition) is 3. The van der Waals surface area contributed by atoms with E-state index in [-0.39, 0.29) is 5.91 Å². The second kappa shape index (κ2) is 7.55. The average molecular weight is 397 g/mol. The fraction of sp³-hybridized carbons (Fsp3) is 0.409. The Morgan fingerprint density at radius 3 is 2.71 bits per heavy atom. The van der Waals surface area contributed by atoms with Crippen LogP contribution in [0.15, 0.2) is 30.5 Å². The number of carbonyl (C=O) groups excluding carboxylic acids is 1. The van der Waals surface area contributed by atoms with Crippen LogP contribution in [0.4, 0.5) is 0 Å². The van der Waals surface area contributed by atoms with E-state index in [1.807, 2.05) is 43.0 Å². The van der Waals surface area contributed by atoms with E-state index in [1.54, 1.807) is 10.7 Å². The van der Waals surface area contributed by atoms with Gasteiger partial charge in [0.1, 0.15) is 5.56 Å². The predicted octanol–water partition coefficient (Wildman–Crippen LogP) is 4.46. The van der Waals surface area contributed by atoms with Crippen LogP contribution >= 0.6 is 11.6 Å². The van der Waals surface area contributed by atoms with Gasteiger partial charge in [-0.25, -0.2) is 9.50 Å². The lowest BCUT2D eigenvalue weighted by atomic mass is 10.00. The summed E-state index contributed by atoms with van der Waals surface area (Å²) in [6.45, 7) is 7.86. The molecule has 28 heavy (non-hydrogen) atoms. The van der Waals surface area contributed by atoms with Crippen molar-refractivity contribution in [3.05, 3.63) is 63.6 Å². The van der Waals surface area contributed by atoms with E-state index in [1.165, 1.54) is 12.0 Å². The number of likely N-dealkylation sites (tertiary alicyclic amines) is 1. The maximum atomic E-state index is 13.1. The first-order valence-corrected chi connectivity index (χ1v) is 10.2. The van der Waals surface area contributed by atoms with Crippen LogP contribution < -0.4 is 0 Å². The van der Waals surface area contributed by atoms with Gasteiger partial charge in [-0.2, -0.15) is 5.10 Å². The van der Waals surface area contributed by atoms with E-state index in [4.69, 9.17) is 16.6 Å². The summed E-state index contributed by atoms with van der Waals surface area (Å²) in [4.78, 5) is 19.8. The number of rotatable bonds is 3. The van der Waals surface area contributed by atoms with E-state index in [0.717, 1.165) is 47.9 Å². The van der Waals surface area contributed by atoms with Gasteiger partial charge < -0.3 is 4.90 Å². The molecule has 1 aliphatic rings. The Morgan fingerprint density at radius 2 is 2.00 bits per heavy atom. The Morgan fingerprint density at radius 1 is 1.25 bits per heavy atom. The normalized spacial score (nSPS) is 17.3. The molecule has 0 spiro atoms. The number of hydrogen-bond donors (Lipinski definition) is 0. The highest BCUT2D eigenvalue weighted by Crippen LogP contribution is 2.23. The largest absolute Gasteiger partial charge is 0.338 e. The molecule has 1 fully saturated rings. The number of aryl methyl sites for hydroxylation is 2. The van der Waals surface area contributed by atoms with E-state index >= 15 is 0 Å². The molecule has 1 aliphatic heterocycles. The minimum Gasteiger partial charge on any atom is -0.338 e. The molecule has 3 aromatic rings. The van der Waals surface area contributed by atoms with Crippen molar-refractivity contribution < 1.29 is 4.79 Å². The van der Waals surface area contributed by atoms with Gasteiger partial charge in [-0.15, -0.1) is 0 Å². The first kappa shape index (κ1) is 18.9. The molecule has 1 aromatic carbocycles. The molecule has 6 heteroatoms. The second-order valence-corrected chi connectivity index (χ2v) is 8.29. The third kappa shape index (κ3) is 3.51. The van der Waals surface area contributed by atoms with Crippen molar-refractivity contribution in [3.8, 4) is 0 Å². The molecule has 2 aromatic heterocycles. The van der Waals surface area contributed by atoms with Crippen molar-refractivity contribution in [3.63, 3.8) is 0 Å². The Bertz CT molecular complexity index is 1030. The predicted molar refractivity (Wildman–Crippen MR) is 111 cm³/mol. The number of aromatic nitrogens is 3. The standard InChI is InChI=1S/C22H25ClN4O/c1-14-5-4-10-26(13-14)22(28)20-12-24-27-16(3)19(15(2)25-21(20)27)11-17-6-8-18(23)9-7-17/h6-9,12,14H,4-5,10-11,13H2,1-3H3/t14-/m0/s1. The van der Waals surface area contributed by atoms with Crippen LogP contribution in [0.3, 0.4) is 0 Å². The molecular formula is C22H25ClN4O. The zero-order chi connectivity index (χ0) is 19.8. The van der Waals surface area contributed by atoms with Gasteiger partial charge in [-0.05, 0) is 55.9 Å². The highest BCUT2D eigenvalue weighted by Gasteiger charge is 2.26. The first-order chi connectivity index (χ1) is 13.4. The molecular weight excluding hydrogens is 372 g/mol. The van der Waals surface area contributed by atoms with Gasteiger partial charge in [-0.3, -0.25) is 4.79 Å². The van der Waals surface area contributed by atoms with Crippen molar-refractivity contribution in [1.82, 2.24) is 19.5 Å². The fourth-order valence-corrected chi connectivity index (χ4v) is 4.19. The summed E-state index contributed by atoms with van der Waals surface area (Å²) in [6, 6.07) is 7.86. The van der Waals surface area contributed by atoms with Crippen LogP contribution in [-0.2, 0) is 6.42 Å². The molecule has 146 valence electrons. The maximum Gasteiger partial charge on any atom is 0.259 e. The highest BCUT2D eigenvalue weighted by atomic mass is 35.5. The van der Waals surface area contributed by atoms with Crippen LogP contribution in [0.2, 0.25) is 5.02 Å². The van der Waals surface area contributed by atoms with Gasteiger partial charge in [0.2, 0.25) is 0 Å². The van der Waals surface area contributed by atoms with Gasteiger partial charge in [0.25, 0.3) is 5.91 Å². The number of nitrogens with zero attached hydrogens (tertiary/aromatic N) is 4. The quantitative estimate of drug-likeness (QED) is 0.656. The van der Waals surface area contributed by atoms with E-state index in [9.17, 15) is 4.79 Å². The monoisotopic (exact) mass is 396 g/mol. The highest BCUT2D eigenvalue weighted by molar-refractivity contribution is 6.30. The molecule has 5 nitrogen and oxygen atoms in total. The summed E-state index contributed by atoms with van der Waals surface area (Å²) < 4.78 is 1.80. The van der Waals surface area contributed by atoms with Crippen molar-refractivity contribution in [2.45, 2.75) is 40.0 Å². The number of benzene rings is 1. The Balaban J connectivity index is 1.69. The van der Waals surface area contributed by atoms with Gasteiger partial charge in [0, 0.05) is 35.9 Å². The number of fused-ring (bicyclic) bond motifs is 1. The van der Waals surface area contributed by atoms with Gasteiger partial charge in [-0.1, -0.05) is 30.7 Å². The number of halogens is 1. The summed E-state index contributed by atoms with van der Waals surface area (Å²) in [5.74, 6) is 0.584. The molecule has 1 amide bonds. The number of piperidine rings is 1. The molecule has 0 unspecified atom stereocenters. The molecule has 0 aliphatic carbocycles. The van der Waals surface area contributed by atoms with E-state index in [0.29, 0.717) is 17.1 Å². The summed E-state index contributed by atoms with van der Waals surface area (Å²) in [5, 5.41) is 5.23.